The summed E-state index contributed by atoms with van der Waals surface area (Å²) in [5.74, 6) is -0.336. The summed E-state index contributed by atoms with van der Waals surface area (Å²) >= 11 is 0. The number of amides is 1. The van der Waals surface area contributed by atoms with Crippen molar-refractivity contribution in [1.29, 1.82) is 0 Å². The second-order valence-corrected chi connectivity index (χ2v) is 9.24. The second kappa shape index (κ2) is 10.0. The van der Waals surface area contributed by atoms with E-state index < -0.39 is 16.1 Å². The van der Waals surface area contributed by atoms with Crippen LogP contribution in [0.3, 0.4) is 0 Å². The Hall–Kier alpha value is -2.45. The van der Waals surface area contributed by atoms with Crippen LogP contribution < -0.4 is 10.1 Å². The van der Waals surface area contributed by atoms with Gasteiger partial charge < -0.3 is 10.1 Å². The van der Waals surface area contributed by atoms with Gasteiger partial charge in [-0.1, -0.05) is 19.8 Å². The number of ether oxygens (including phenoxy) is 1. The Morgan fingerprint density at radius 1 is 1.03 bits per heavy atom. The second-order valence-electron chi connectivity index (χ2n) is 7.30. The van der Waals surface area contributed by atoms with E-state index in [0.29, 0.717) is 30.9 Å². The summed E-state index contributed by atoms with van der Waals surface area (Å²) in [5.41, 5.74) is 0.482. The number of carbonyl (C=O) groups is 1. The molecule has 0 aromatic heterocycles. The molecule has 1 fully saturated rings. The van der Waals surface area contributed by atoms with Gasteiger partial charge in [0.2, 0.25) is 10.0 Å². The fraction of sp³-hybridized carbons (Fsp3) is 0.409. The maximum Gasteiger partial charge on any atom is 0.265 e. The van der Waals surface area contributed by atoms with Crippen LogP contribution in [0.4, 0.5) is 10.1 Å². The van der Waals surface area contributed by atoms with Crippen LogP contribution in [0.25, 0.3) is 0 Å². The molecule has 1 saturated heterocycles. The molecule has 0 spiro atoms. The van der Waals surface area contributed by atoms with Gasteiger partial charge in [0.15, 0.2) is 6.10 Å². The van der Waals surface area contributed by atoms with Crippen LogP contribution in [0.2, 0.25) is 0 Å². The van der Waals surface area contributed by atoms with Crippen molar-refractivity contribution in [2.45, 2.75) is 50.0 Å². The third kappa shape index (κ3) is 5.58. The zero-order chi connectivity index (χ0) is 21.6. The molecular weight excluding hydrogens is 407 g/mol. The van der Waals surface area contributed by atoms with Crippen molar-refractivity contribution in [3.05, 3.63) is 54.3 Å². The van der Waals surface area contributed by atoms with Crippen LogP contribution in [0.15, 0.2) is 53.4 Å². The van der Waals surface area contributed by atoms with Gasteiger partial charge in [0.05, 0.1) is 4.90 Å². The molecule has 0 saturated carbocycles. The molecule has 1 N–H and O–H groups in total. The lowest BCUT2D eigenvalue weighted by Crippen LogP contribution is -2.32. The van der Waals surface area contributed by atoms with E-state index in [4.69, 9.17) is 4.74 Å². The number of hydrogen-bond acceptors (Lipinski definition) is 4. The first kappa shape index (κ1) is 22.2. The summed E-state index contributed by atoms with van der Waals surface area (Å²) in [4.78, 5) is 12.8. The van der Waals surface area contributed by atoms with Gasteiger partial charge in [-0.2, -0.15) is 4.31 Å². The number of anilines is 1. The monoisotopic (exact) mass is 434 g/mol. The molecule has 2 aromatic rings. The average Bonchev–Trinajstić information content (AvgIpc) is 3.04. The van der Waals surface area contributed by atoms with Crippen LogP contribution in [-0.2, 0) is 14.8 Å². The number of hydrogen-bond donors (Lipinski definition) is 1. The SMILES string of the molecule is CCC(Oc1ccc(F)cc1)C(=O)Nc1ccc(S(=O)(=O)N2CCCCCC2)cc1. The Morgan fingerprint density at radius 2 is 1.63 bits per heavy atom. The fourth-order valence-corrected chi connectivity index (χ4v) is 4.88. The number of nitrogens with zero attached hydrogens (tertiary/aromatic N) is 1. The van der Waals surface area contributed by atoms with E-state index in [1.165, 1.54) is 40.7 Å². The van der Waals surface area contributed by atoms with Crippen LogP contribution in [-0.4, -0.2) is 37.8 Å². The lowest BCUT2D eigenvalue weighted by atomic mass is 10.2. The molecule has 0 radical (unpaired) electrons. The third-order valence-electron chi connectivity index (χ3n) is 5.08. The first-order valence-electron chi connectivity index (χ1n) is 10.2. The third-order valence-corrected chi connectivity index (χ3v) is 6.99. The molecule has 3 rings (SSSR count). The van der Waals surface area contributed by atoms with Crippen molar-refractivity contribution in [1.82, 2.24) is 4.31 Å². The molecule has 30 heavy (non-hydrogen) atoms. The highest BCUT2D eigenvalue weighted by Crippen LogP contribution is 2.22. The number of sulfonamides is 1. The number of nitrogens with one attached hydrogen (secondary N) is 1. The number of rotatable bonds is 7. The van der Waals surface area contributed by atoms with E-state index in [1.807, 2.05) is 6.92 Å². The summed E-state index contributed by atoms with van der Waals surface area (Å²) in [6.07, 6.45) is 3.52. The van der Waals surface area contributed by atoms with Gasteiger partial charge in [-0.3, -0.25) is 4.79 Å². The number of benzene rings is 2. The van der Waals surface area contributed by atoms with Crippen LogP contribution in [0.5, 0.6) is 5.75 Å². The molecule has 0 bridgehead atoms. The maximum absolute atomic E-state index is 13.0. The van der Waals surface area contributed by atoms with Crippen molar-refractivity contribution in [2.24, 2.45) is 0 Å². The molecule has 1 heterocycles. The summed E-state index contributed by atoms with van der Waals surface area (Å²) in [5, 5.41) is 2.75. The summed E-state index contributed by atoms with van der Waals surface area (Å²) < 4.78 is 45.9. The zero-order valence-corrected chi connectivity index (χ0v) is 17.8. The average molecular weight is 435 g/mol. The Labute approximate surface area is 177 Å². The van der Waals surface area contributed by atoms with E-state index in [1.54, 1.807) is 12.1 Å². The van der Waals surface area contributed by atoms with Crippen molar-refractivity contribution in [3.63, 3.8) is 0 Å². The maximum atomic E-state index is 13.0. The van der Waals surface area contributed by atoms with E-state index in [9.17, 15) is 17.6 Å². The predicted octanol–water partition coefficient (Wildman–Crippen LogP) is 4.19. The Kier molecular flexibility index (Phi) is 7.44. The van der Waals surface area contributed by atoms with E-state index in [-0.39, 0.29) is 16.6 Å². The minimum absolute atomic E-state index is 0.219. The molecular formula is C22H27FN2O4S. The molecule has 1 aliphatic heterocycles. The first-order valence-corrected chi connectivity index (χ1v) is 11.7. The molecule has 1 aliphatic rings. The molecule has 2 aromatic carbocycles. The largest absolute Gasteiger partial charge is 0.481 e. The molecule has 1 unspecified atom stereocenters. The smallest absolute Gasteiger partial charge is 0.265 e. The molecule has 162 valence electrons. The topological polar surface area (TPSA) is 75.7 Å². The molecule has 8 heteroatoms. The van der Waals surface area contributed by atoms with Crippen LogP contribution in [0.1, 0.15) is 39.0 Å². The van der Waals surface area contributed by atoms with Gasteiger partial charge in [0, 0.05) is 18.8 Å². The van der Waals surface area contributed by atoms with Gasteiger partial charge in [0.25, 0.3) is 5.91 Å². The van der Waals surface area contributed by atoms with Gasteiger partial charge >= 0.3 is 0 Å². The van der Waals surface area contributed by atoms with Crippen LogP contribution in [0, 0.1) is 5.82 Å². The van der Waals surface area contributed by atoms with Crippen molar-refractivity contribution in [2.75, 3.05) is 18.4 Å². The van der Waals surface area contributed by atoms with Crippen molar-refractivity contribution >= 4 is 21.6 Å². The van der Waals surface area contributed by atoms with E-state index in [2.05, 4.69) is 5.32 Å². The minimum Gasteiger partial charge on any atom is -0.481 e. The Bertz CT molecular complexity index is 938. The normalized spacial score (nSPS) is 16.5. The minimum atomic E-state index is -3.53. The Balaban J connectivity index is 1.65. The predicted molar refractivity (Wildman–Crippen MR) is 113 cm³/mol. The lowest BCUT2D eigenvalue weighted by Gasteiger charge is -2.20. The summed E-state index contributed by atoms with van der Waals surface area (Å²) in [7, 11) is -3.53. The highest BCUT2D eigenvalue weighted by molar-refractivity contribution is 7.89. The molecule has 1 amide bonds. The quantitative estimate of drug-likeness (QED) is 0.709. The van der Waals surface area contributed by atoms with Crippen molar-refractivity contribution < 1.29 is 22.3 Å². The van der Waals surface area contributed by atoms with E-state index in [0.717, 1.165) is 25.7 Å². The number of carbonyl (C=O) groups excluding carboxylic acids is 1. The van der Waals surface area contributed by atoms with Gasteiger partial charge in [0.1, 0.15) is 11.6 Å². The summed E-state index contributed by atoms with van der Waals surface area (Å²) in [6.45, 7) is 2.89. The van der Waals surface area contributed by atoms with E-state index >= 15 is 0 Å². The Morgan fingerprint density at radius 3 is 2.20 bits per heavy atom. The highest BCUT2D eigenvalue weighted by Gasteiger charge is 2.25. The molecule has 6 nitrogen and oxygen atoms in total. The number of halogens is 1. The summed E-state index contributed by atoms with van der Waals surface area (Å²) in [6, 6.07) is 11.6. The zero-order valence-electron chi connectivity index (χ0n) is 17.0. The first-order chi connectivity index (χ1) is 14.4. The molecule has 1 atom stereocenters. The van der Waals surface area contributed by atoms with Crippen LogP contribution >= 0.6 is 0 Å². The highest BCUT2D eigenvalue weighted by atomic mass is 32.2. The van der Waals surface area contributed by atoms with Gasteiger partial charge in [-0.15, -0.1) is 0 Å². The standard InChI is InChI=1S/C22H27FN2O4S/c1-2-21(29-19-11-7-17(23)8-12-19)22(26)24-18-9-13-20(14-10-18)30(27,28)25-15-5-3-4-6-16-25/h7-14,21H,2-6,15-16H2,1H3,(H,24,26). The van der Waals surface area contributed by atoms with Crippen molar-refractivity contribution in [3.8, 4) is 5.75 Å². The van der Waals surface area contributed by atoms with Gasteiger partial charge in [-0.05, 0) is 67.8 Å². The lowest BCUT2D eigenvalue weighted by molar-refractivity contribution is -0.122. The van der Waals surface area contributed by atoms with Gasteiger partial charge in [-0.25, -0.2) is 12.8 Å². The fourth-order valence-electron chi connectivity index (χ4n) is 3.36. The molecule has 0 aliphatic carbocycles.